The molecule has 0 radical (unpaired) electrons. The molecule has 1 aromatic carbocycles. The van der Waals surface area contributed by atoms with Crippen LogP contribution in [-0.2, 0) is 6.42 Å². The van der Waals surface area contributed by atoms with Crippen molar-refractivity contribution < 1.29 is 0 Å². The van der Waals surface area contributed by atoms with Crippen LogP contribution < -0.4 is 10.6 Å². The average Bonchev–Trinajstić information content (AvgIpc) is 2.64. The fourth-order valence-corrected chi connectivity index (χ4v) is 2.29. The second-order valence-corrected chi connectivity index (χ2v) is 4.20. The van der Waals surface area contributed by atoms with Gasteiger partial charge in [0.1, 0.15) is 6.33 Å². The third-order valence-electron chi connectivity index (χ3n) is 3.00. The Kier molecular flexibility index (Phi) is 2.18. The summed E-state index contributed by atoms with van der Waals surface area (Å²) in [7, 11) is 0. The summed E-state index contributed by atoms with van der Waals surface area (Å²) < 4.78 is 0. The number of aromatic nitrogens is 3. The number of nitrogens with zero attached hydrogens (tertiary/aromatic N) is 4. The highest BCUT2D eigenvalue weighted by atomic mass is 15.3. The summed E-state index contributed by atoms with van der Waals surface area (Å²) in [6.07, 6.45) is 2.45. The van der Waals surface area contributed by atoms with E-state index in [-0.39, 0.29) is 5.95 Å². The van der Waals surface area contributed by atoms with Crippen LogP contribution in [0.15, 0.2) is 30.6 Å². The number of hydrogen-bond acceptors (Lipinski definition) is 5. The van der Waals surface area contributed by atoms with Gasteiger partial charge in [0.2, 0.25) is 11.9 Å². The summed E-state index contributed by atoms with van der Waals surface area (Å²) in [5.41, 5.74) is 8.08. The molecule has 2 aromatic rings. The molecule has 0 fully saturated rings. The predicted molar refractivity (Wildman–Crippen MR) is 66.0 cm³/mol. The van der Waals surface area contributed by atoms with E-state index in [1.54, 1.807) is 0 Å². The van der Waals surface area contributed by atoms with E-state index in [1.807, 2.05) is 6.07 Å². The van der Waals surface area contributed by atoms with Gasteiger partial charge in [0.25, 0.3) is 0 Å². The average molecular weight is 227 g/mol. The van der Waals surface area contributed by atoms with Gasteiger partial charge < -0.3 is 10.6 Å². The lowest BCUT2D eigenvalue weighted by Crippen LogP contribution is -2.26. The summed E-state index contributed by atoms with van der Waals surface area (Å²) in [5, 5.41) is 0. The lowest BCUT2D eigenvalue weighted by atomic mass is 10.1. The van der Waals surface area contributed by atoms with Crippen molar-refractivity contribution >= 4 is 17.6 Å². The van der Waals surface area contributed by atoms with Gasteiger partial charge in [0, 0.05) is 11.7 Å². The quantitative estimate of drug-likeness (QED) is 0.800. The van der Waals surface area contributed by atoms with Gasteiger partial charge in [-0.2, -0.15) is 4.98 Å². The molecule has 1 aliphatic heterocycles. The van der Waals surface area contributed by atoms with Gasteiger partial charge in [-0.3, -0.25) is 0 Å². The Morgan fingerprint density at radius 3 is 2.94 bits per heavy atom. The summed E-state index contributed by atoms with van der Waals surface area (Å²) in [6, 6.07) is 8.63. The van der Waals surface area contributed by atoms with Crippen molar-refractivity contribution in [2.45, 2.75) is 19.4 Å². The van der Waals surface area contributed by atoms with Crippen LogP contribution in [-0.4, -0.2) is 21.0 Å². The number of hydrogen-bond donors (Lipinski definition) is 1. The van der Waals surface area contributed by atoms with E-state index >= 15 is 0 Å². The monoisotopic (exact) mass is 227 g/mol. The molecule has 0 aliphatic carbocycles. The molecule has 0 amide bonds. The highest BCUT2D eigenvalue weighted by Crippen LogP contribution is 2.35. The molecule has 0 spiro atoms. The summed E-state index contributed by atoms with van der Waals surface area (Å²) >= 11 is 0. The van der Waals surface area contributed by atoms with Gasteiger partial charge in [-0.25, -0.2) is 9.97 Å². The second-order valence-electron chi connectivity index (χ2n) is 4.20. The number of para-hydroxylation sites is 1. The molecule has 0 saturated heterocycles. The van der Waals surface area contributed by atoms with E-state index in [2.05, 4.69) is 45.0 Å². The minimum Gasteiger partial charge on any atom is -0.368 e. The number of benzene rings is 1. The molecule has 17 heavy (non-hydrogen) atoms. The normalized spacial score (nSPS) is 18.2. The van der Waals surface area contributed by atoms with Crippen LogP contribution in [0.2, 0.25) is 0 Å². The molecule has 3 rings (SSSR count). The minimum absolute atomic E-state index is 0.256. The maximum absolute atomic E-state index is 5.60. The smallest absolute Gasteiger partial charge is 0.234 e. The first-order valence-corrected chi connectivity index (χ1v) is 5.57. The summed E-state index contributed by atoms with van der Waals surface area (Å²) in [5.74, 6) is 0.876. The summed E-state index contributed by atoms with van der Waals surface area (Å²) in [6.45, 7) is 2.15. The molecule has 5 nitrogen and oxygen atoms in total. The highest BCUT2D eigenvalue weighted by molar-refractivity contribution is 5.67. The van der Waals surface area contributed by atoms with Gasteiger partial charge in [0.05, 0.1) is 0 Å². The Bertz CT molecular complexity index is 554. The fourth-order valence-electron chi connectivity index (χ4n) is 2.29. The molecule has 0 bridgehead atoms. The number of anilines is 3. The van der Waals surface area contributed by atoms with Crippen molar-refractivity contribution in [2.75, 3.05) is 10.6 Å². The van der Waals surface area contributed by atoms with Gasteiger partial charge in [-0.1, -0.05) is 18.2 Å². The second kappa shape index (κ2) is 3.69. The van der Waals surface area contributed by atoms with Gasteiger partial charge in [-0.05, 0) is 25.0 Å². The first-order chi connectivity index (χ1) is 8.25. The zero-order valence-corrected chi connectivity index (χ0v) is 9.54. The van der Waals surface area contributed by atoms with Crippen molar-refractivity contribution in [3.8, 4) is 0 Å². The van der Waals surface area contributed by atoms with Gasteiger partial charge in [-0.15, -0.1) is 0 Å². The minimum atomic E-state index is 0.256. The predicted octanol–water partition coefficient (Wildman–Crippen LogP) is 1.54. The zero-order valence-electron chi connectivity index (χ0n) is 9.54. The van der Waals surface area contributed by atoms with Crippen LogP contribution in [0.4, 0.5) is 17.6 Å². The number of rotatable bonds is 1. The first kappa shape index (κ1) is 10.0. The third-order valence-corrected chi connectivity index (χ3v) is 3.00. The van der Waals surface area contributed by atoms with Crippen molar-refractivity contribution in [1.82, 2.24) is 15.0 Å². The van der Waals surface area contributed by atoms with Crippen LogP contribution in [0.1, 0.15) is 12.5 Å². The molecule has 0 saturated carbocycles. The Hall–Kier alpha value is -2.17. The molecular weight excluding hydrogens is 214 g/mol. The van der Waals surface area contributed by atoms with E-state index in [4.69, 9.17) is 5.73 Å². The molecule has 5 heteroatoms. The fraction of sp³-hybridized carbons (Fsp3) is 0.250. The van der Waals surface area contributed by atoms with Crippen molar-refractivity contribution in [3.63, 3.8) is 0 Å². The van der Waals surface area contributed by atoms with Crippen LogP contribution >= 0.6 is 0 Å². The van der Waals surface area contributed by atoms with Crippen molar-refractivity contribution in [2.24, 2.45) is 0 Å². The topological polar surface area (TPSA) is 67.9 Å². The molecule has 2 heterocycles. The number of nitrogens with two attached hydrogens (primary N) is 1. The number of nitrogen functional groups attached to an aromatic ring is 1. The number of fused-ring (bicyclic) bond motifs is 1. The lowest BCUT2D eigenvalue weighted by molar-refractivity contribution is 0.737. The molecule has 1 aliphatic rings. The van der Waals surface area contributed by atoms with Crippen molar-refractivity contribution in [1.29, 1.82) is 0 Å². The van der Waals surface area contributed by atoms with Gasteiger partial charge >= 0.3 is 0 Å². The molecule has 86 valence electrons. The largest absolute Gasteiger partial charge is 0.368 e. The standard InChI is InChI=1S/C12H13N5/c1-8-6-9-4-2-3-5-10(9)17(8)12-15-7-14-11(13)16-12/h2-5,7-8H,6H2,1H3,(H2,13,14,15,16). The van der Waals surface area contributed by atoms with E-state index in [0.29, 0.717) is 12.0 Å². The van der Waals surface area contributed by atoms with E-state index in [1.165, 1.54) is 11.9 Å². The Labute approximate surface area is 99.3 Å². The van der Waals surface area contributed by atoms with Crippen LogP contribution in [0.25, 0.3) is 0 Å². The molecule has 1 aromatic heterocycles. The highest BCUT2D eigenvalue weighted by Gasteiger charge is 2.28. The van der Waals surface area contributed by atoms with E-state index in [9.17, 15) is 0 Å². The van der Waals surface area contributed by atoms with E-state index < -0.39 is 0 Å². The SMILES string of the molecule is CC1Cc2ccccc2N1c1ncnc(N)n1. The van der Waals surface area contributed by atoms with Gasteiger partial charge in [0.15, 0.2) is 0 Å². The van der Waals surface area contributed by atoms with Crippen molar-refractivity contribution in [3.05, 3.63) is 36.2 Å². The van der Waals surface area contributed by atoms with Crippen LogP contribution in [0.5, 0.6) is 0 Å². The molecule has 1 unspecified atom stereocenters. The third kappa shape index (κ3) is 1.60. The van der Waals surface area contributed by atoms with E-state index in [0.717, 1.165) is 12.1 Å². The lowest BCUT2D eigenvalue weighted by Gasteiger charge is -2.22. The Morgan fingerprint density at radius 2 is 2.12 bits per heavy atom. The Morgan fingerprint density at radius 1 is 1.29 bits per heavy atom. The molecule has 2 N–H and O–H groups in total. The van der Waals surface area contributed by atoms with Crippen LogP contribution in [0.3, 0.4) is 0 Å². The maximum Gasteiger partial charge on any atom is 0.234 e. The zero-order chi connectivity index (χ0) is 11.8. The molecular formula is C12H13N5. The molecule has 1 atom stereocenters. The Balaban J connectivity index is 2.09. The maximum atomic E-state index is 5.60. The van der Waals surface area contributed by atoms with Crippen LogP contribution in [0, 0.1) is 0 Å². The summed E-state index contributed by atoms with van der Waals surface area (Å²) in [4.78, 5) is 14.3. The first-order valence-electron chi connectivity index (χ1n) is 5.57.